The molecule has 4 aromatic rings. The molecular formula is C39H42O8. The fraction of sp³-hybridized carbons (Fsp3) is 0.333. The molecule has 6 atom stereocenters. The molecule has 8 nitrogen and oxygen atoms in total. The van der Waals surface area contributed by atoms with Crippen molar-refractivity contribution in [1.29, 1.82) is 0 Å². The summed E-state index contributed by atoms with van der Waals surface area (Å²) >= 11 is 0. The predicted octanol–water partition coefficient (Wildman–Crippen LogP) is 6.25. The highest BCUT2D eigenvalue weighted by Crippen LogP contribution is 2.31. The second-order valence-corrected chi connectivity index (χ2v) is 11.7. The number of hydrogen-bond donors (Lipinski definition) is 0. The zero-order valence-corrected chi connectivity index (χ0v) is 26.8. The van der Waals surface area contributed by atoms with Gasteiger partial charge in [0.2, 0.25) is 0 Å². The summed E-state index contributed by atoms with van der Waals surface area (Å²) in [6, 6.07) is 38.5. The van der Waals surface area contributed by atoms with Gasteiger partial charge < -0.3 is 33.2 Å². The Morgan fingerprint density at radius 1 is 0.702 bits per heavy atom. The van der Waals surface area contributed by atoms with Gasteiger partial charge in [-0.1, -0.05) is 121 Å². The lowest BCUT2D eigenvalue weighted by molar-refractivity contribution is -0.270. The highest BCUT2D eigenvalue weighted by Gasteiger charge is 2.49. The van der Waals surface area contributed by atoms with Gasteiger partial charge in [0.1, 0.15) is 23.9 Å². The van der Waals surface area contributed by atoms with Crippen LogP contribution in [0.1, 0.15) is 35.6 Å². The Kier molecular flexibility index (Phi) is 12.6. The van der Waals surface area contributed by atoms with E-state index >= 15 is 0 Å². The average molecular weight is 639 g/mol. The number of benzene rings is 4. The zero-order valence-electron chi connectivity index (χ0n) is 26.8. The largest absolute Gasteiger partial charge is 0.370 e. The van der Waals surface area contributed by atoms with Crippen LogP contribution >= 0.6 is 0 Å². The van der Waals surface area contributed by atoms with Crippen LogP contribution in [0.4, 0.5) is 0 Å². The van der Waals surface area contributed by atoms with Gasteiger partial charge in [-0.2, -0.15) is 0 Å². The third kappa shape index (κ3) is 9.51. The Hall–Kier alpha value is -4.02. The van der Waals surface area contributed by atoms with Crippen molar-refractivity contribution in [1.82, 2.24) is 0 Å². The summed E-state index contributed by atoms with van der Waals surface area (Å²) in [7, 11) is 1.51. The van der Waals surface area contributed by atoms with Crippen molar-refractivity contribution in [2.24, 2.45) is 0 Å². The summed E-state index contributed by atoms with van der Waals surface area (Å²) in [4.78, 5) is 27.0. The molecule has 0 bridgehead atoms. The SMILES string of the molecule is CO[C@H]1O[C@H](C[C@H](OCc2ccccc2)[C@](C)(C=O)OCc2ccccc2)C(=O)[C@H](OCc2ccccc2)[C@H]1OCc1ccccc1. The van der Waals surface area contributed by atoms with Crippen molar-refractivity contribution in [3.8, 4) is 0 Å². The summed E-state index contributed by atoms with van der Waals surface area (Å²) < 4.78 is 37.2. The van der Waals surface area contributed by atoms with Gasteiger partial charge in [0, 0.05) is 13.5 Å². The number of Topliss-reactive ketones (excluding diaryl/α,β-unsaturated/α-hetero) is 1. The molecule has 4 aromatic carbocycles. The normalized spacial score (nSPS) is 21.5. The van der Waals surface area contributed by atoms with Crippen LogP contribution in [0, 0.1) is 0 Å². The maximum Gasteiger partial charge on any atom is 0.193 e. The highest BCUT2D eigenvalue weighted by atomic mass is 16.7. The van der Waals surface area contributed by atoms with Gasteiger partial charge in [-0.3, -0.25) is 4.79 Å². The van der Waals surface area contributed by atoms with E-state index < -0.39 is 36.3 Å². The average Bonchev–Trinajstić information content (AvgIpc) is 3.13. The van der Waals surface area contributed by atoms with Crippen LogP contribution in [0.25, 0.3) is 0 Å². The van der Waals surface area contributed by atoms with Crippen LogP contribution in [0.15, 0.2) is 121 Å². The van der Waals surface area contributed by atoms with E-state index in [-0.39, 0.29) is 38.6 Å². The fourth-order valence-corrected chi connectivity index (χ4v) is 5.47. The molecule has 0 N–H and O–H groups in total. The standard InChI is InChI=1S/C39H42O8/c1-39(28-40,46-27-32-21-13-6-14-22-32)34(43-24-29-15-7-3-8-16-29)23-33-35(41)36(44-25-30-17-9-4-10-18-30)37(38(42-2)47-33)45-26-31-19-11-5-12-20-31/h3-22,28,33-34,36-38H,23-27H2,1-2H3/t33-,34+,36+,37-,38+,39+/m1/s1. The highest BCUT2D eigenvalue weighted by molar-refractivity contribution is 5.89. The summed E-state index contributed by atoms with van der Waals surface area (Å²) in [5, 5.41) is 0. The molecule has 1 heterocycles. The van der Waals surface area contributed by atoms with E-state index in [9.17, 15) is 9.59 Å². The maximum atomic E-state index is 14.3. The monoisotopic (exact) mass is 638 g/mol. The number of ether oxygens (including phenoxy) is 6. The Balaban J connectivity index is 1.39. The molecule has 0 aliphatic carbocycles. The minimum Gasteiger partial charge on any atom is -0.370 e. The maximum absolute atomic E-state index is 14.3. The second-order valence-electron chi connectivity index (χ2n) is 11.7. The molecule has 1 aliphatic heterocycles. The minimum absolute atomic E-state index is 0.0200. The van der Waals surface area contributed by atoms with Crippen molar-refractivity contribution in [2.75, 3.05) is 7.11 Å². The predicted molar refractivity (Wildman–Crippen MR) is 176 cm³/mol. The van der Waals surface area contributed by atoms with Gasteiger partial charge >= 0.3 is 0 Å². The van der Waals surface area contributed by atoms with Crippen molar-refractivity contribution >= 4 is 12.1 Å². The van der Waals surface area contributed by atoms with Gasteiger partial charge in [-0.15, -0.1) is 0 Å². The van der Waals surface area contributed by atoms with Crippen molar-refractivity contribution < 1.29 is 38.0 Å². The molecule has 0 radical (unpaired) electrons. The molecular weight excluding hydrogens is 596 g/mol. The van der Waals surface area contributed by atoms with E-state index in [1.165, 1.54) is 7.11 Å². The number of methoxy groups -OCH3 is 1. The lowest BCUT2D eigenvalue weighted by Crippen LogP contribution is -2.59. The molecule has 0 amide bonds. The molecule has 1 aliphatic rings. The first kappa shape index (κ1) is 34.3. The van der Waals surface area contributed by atoms with Crippen LogP contribution in [-0.2, 0) is 64.4 Å². The minimum atomic E-state index is -1.40. The van der Waals surface area contributed by atoms with Crippen LogP contribution in [0.3, 0.4) is 0 Å². The summed E-state index contributed by atoms with van der Waals surface area (Å²) in [6.45, 7) is 2.48. The Morgan fingerprint density at radius 2 is 1.17 bits per heavy atom. The fourth-order valence-electron chi connectivity index (χ4n) is 5.47. The van der Waals surface area contributed by atoms with Crippen molar-refractivity contribution in [2.45, 2.75) is 76.1 Å². The topological polar surface area (TPSA) is 89.5 Å². The van der Waals surface area contributed by atoms with E-state index in [4.69, 9.17) is 28.4 Å². The van der Waals surface area contributed by atoms with Crippen molar-refractivity contribution in [3.05, 3.63) is 144 Å². The first-order valence-corrected chi connectivity index (χ1v) is 15.8. The number of aldehydes is 1. The molecule has 1 saturated heterocycles. The zero-order chi connectivity index (χ0) is 32.9. The summed E-state index contributed by atoms with van der Waals surface area (Å²) in [5.74, 6) is -0.322. The molecule has 47 heavy (non-hydrogen) atoms. The lowest BCUT2D eigenvalue weighted by Gasteiger charge is -2.42. The van der Waals surface area contributed by atoms with Crippen LogP contribution in [0.5, 0.6) is 0 Å². The number of carbonyl (C=O) groups is 2. The van der Waals surface area contributed by atoms with E-state index in [1.807, 2.05) is 121 Å². The Labute approximate surface area is 276 Å². The number of ketones is 1. The Bertz CT molecular complexity index is 1500. The van der Waals surface area contributed by atoms with Gasteiger partial charge in [0.25, 0.3) is 0 Å². The summed E-state index contributed by atoms with van der Waals surface area (Å²) in [5.41, 5.74) is 2.26. The van der Waals surface area contributed by atoms with Crippen LogP contribution < -0.4 is 0 Å². The molecule has 0 spiro atoms. The second kappa shape index (κ2) is 17.2. The van der Waals surface area contributed by atoms with E-state index in [1.54, 1.807) is 6.92 Å². The van der Waals surface area contributed by atoms with Gasteiger partial charge in [-0.25, -0.2) is 0 Å². The van der Waals surface area contributed by atoms with Crippen molar-refractivity contribution in [3.63, 3.8) is 0 Å². The smallest absolute Gasteiger partial charge is 0.193 e. The first-order valence-electron chi connectivity index (χ1n) is 15.8. The molecule has 0 aromatic heterocycles. The molecule has 1 fully saturated rings. The lowest BCUT2D eigenvalue weighted by atomic mass is 9.90. The van der Waals surface area contributed by atoms with Crippen LogP contribution in [-0.4, -0.2) is 55.5 Å². The van der Waals surface area contributed by atoms with Gasteiger partial charge in [-0.05, 0) is 29.2 Å². The third-order valence-corrected chi connectivity index (χ3v) is 8.24. The first-order chi connectivity index (χ1) is 23.0. The Morgan fingerprint density at radius 3 is 1.66 bits per heavy atom. The number of rotatable bonds is 17. The molecule has 0 saturated carbocycles. The molecule has 8 heteroatoms. The van der Waals surface area contributed by atoms with Gasteiger partial charge in [0.05, 0.1) is 32.5 Å². The molecule has 0 unspecified atom stereocenters. The van der Waals surface area contributed by atoms with Gasteiger partial charge in [0.15, 0.2) is 18.4 Å². The number of carbonyl (C=O) groups excluding carboxylic acids is 2. The molecule has 5 rings (SSSR count). The summed E-state index contributed by atoms with van der Waals surface area (Å²) in [6.07, 6.45) is -3.91. The van der Waals surface area contributed by atoms with E-state index in [0.717, 1.165) is 28.5 Å². The number of hydrogen-bond acceptors (Lipinski definition) is 8. The molecule has 246 valence electrons. The quantitative estimate of drug-likeness (QED) is 0.126. The van der Waals surface area contributed by atoms with E-state index in [2.05, 4.69) is 0 Å². The third-order valence-electron chi connectivity index (χ3n) is 8.24. The van der Waals surface area contributed by atoms with E-state index in [0.29, 0.717) is 0 Å². The van der Waals surface area contributed by atoms with Crippen LogP contribution in [0.2, 0.25) is 0 Å².